The number of carbonyl (C=O) groups excluding carboxylic acids is 3. The minimum atomic E-state index is -0.798. The molecule has 3 rings (SSSR count). The fourth-order valence-electron chi connectivity index (χ4n) is 2.87. The first-order valence-electron chi connectivity index (χ1n) is 8.69. The maximum Gasteiger partial charge on any atom is 0.333 e. The molecule has 1 unspecified atom stereocenters. The minimum Gasteiger partial charge on any atom is -0.494 e. The van der Waals surface area contributed by atoms with Gasteiger partial charge in [-0.3, -0.25) is 19.4 Å². The Hall–Kier alpha value is -3.56. The first-order chi connectivity index (χ1) is 13.4. The molecule has 1 atom stereocenters. The molecule has 0 aliphatic carbocycles. The number of amides is 4. The molecule has 0 spiro atoms. The molecule has 28 heavy (non-hydrogen) atoms. The number of hydrazone groups is 1. The number of nitrogens with one attached hydrogen (secondary N) is 1. The summed E-state index contributed by atoms with van der Waals surface area (Å²) in [6.45, 7) is 2.37. The Bertz CT molecular complexity index is 890. The zero-order chi connectivity index (χ0) is 20.3. The maximum absolute atomic E-state index is 12.4. The van der Waals surface area contributed by atoms with E-state index in [4.69, 9.17) is 4.74 Å². The average molecular weight is 385 g/mol. The van der Waals surface area contributed by atoms with Gasteiger partial charge in [-0.05, 0) is 41.7 Å². The summed E-state index contributed by atoms with van der Waals surface area (Å²) in [5, 5.41) is 3.92. The highest BCUT2D eigenvalue weighted by Crippen LogP contribution is 2.16. The Morgan fingerprint density at radius 3 is 2.68 bits per heavy atom. The summed E-state index contributed by atoms with van der Waals surface area (Å²) in [6.07, 6.45) is 2.89. The zero-order valence-corrected chi connectivity index (χ0v) is 15.8. The van der Waals surface area contributed by atoms with E-state index in [-0.39, 0.29) is 6.54 Å². The third kappa shape index (κ3) is 3.75. The Labute approximate surface area is 161 Å². The van der Waals surface area contributed by atoms with Crippen LogP contribution in [-0.2, 0) is 9.59 Å². The van der Waals surface area contributed by atoms with Gasteiger partial charge in [0.15, 0.2) is 6.54 Å². The quantitative estimate of drug-likeness (QED) is 0.419. The standard InChI is InChI=1S/C18H20N6O4/c1-4-28-13-7-5-12(6-8-13)9-20-21-14(25)10-24-11-19-16-15(24)17(26)23(3)18(27)22(16)2/h5-9,11,15H,4,10H2,1-3H3/p+1/b20-9+. The molecule has 2 aliphatic rings. The van der Waals surface area contributed by atoms with Crippen LogP contribution in [0.25, 0.3) is 0 Å². The van der Waals surface area contributed by atoms with Crippen LogP contribution in [0.15, 0.2) is 34.4 Å². The fraction of sp³-hybridized carbons (Fsp3) is 0.333. The van der Waals surface area contributed by atoms with Gasteiger partial charge < -0.3 is 4.74 Å². The van der Waals surface area contributed by atoms with Crippen LogP contribution in [0.4, 0.5) is 4.79 Å². The fourth-order valence-corrected chi connectivity index (χ4v) is 2.87. The highest BCUT2D eigenvalue weighted by Gasteiger charge is 2.50. The van der Waals surface area contributed by atoms with E-state index in [1.807, 2.05) is 31.2 Å². The average Bonchev–Trinajstić information content (AvgIpc) is 3.10. The third-order valence-electron chi connectivity index (χ3n) is 4.32. The number of ether oxygens (including phenoxy) is 1. The lowest BCUT2D eigenvalue weighted by molar-refractivity contribution is -0.519. The van der Waals surface area contributed by atoms with Crippen LogP contribution >= 0.6 is 0 Å². The Kier molecular flexibility index (Phi) is 5.48. The molecule has 1 aromatic rings. The molecule has 0 bridgehead atoms. The smallest absolute Gasteiger partial charge is 0.333 e. The van der Waals surface area contributed by atoms with Crippen LogP contribution in [0.3, 0.4) is 0 Å². The number of rotatable bonds is 6. The maximum atomic E-state index is 12.4. The molecule has 1 aromatic carbocycles. The SMILES string of the molecule is CCOc1ccc(/C=N/NC(=O)C[N+]2=CN=C3C2C(=O)N(C)C(=O)N3C)cc1. The second-order valence-corrected chi connectivity index (χ2v) is 6.21. The number of aliphatic imine (C=N–C) groups is 1. The van der Waals surface area contributed by atoms with Crippen molar-refractivity contribution in [1.82, 2.24) is 15.2 Å². The van der Waals surface area contributed by atoms with E-state index in [1.165, 1.54) is 36.1 Å². The summed E-state index contributed by atoms with van der Waals surface area (Å²) < 4.78 is 6.83. The van der Waals surface area contributed by atoms with Crippen molar-refractivity contribution in [2.75, 3.05) is 27.2 Å². The monoisotopic (exact) mass is 385 g/mol. The molecule has 2 heterocycles. The zero-order valence-electron chi connectivity index (χ0n) is 15.8. The number of imide groups is 1. The normalized spacial score (nSPS) is 18.9. The Balaban J connectivity index is 1.57. The van der Waals surface area contributed by atoms with Crippen molar-refractivity contribution >= 4 is 36.2 Å². The van der Waals surface area contributed by atoms with Crippen molar-refractivity contribution in [3.63, 3.8) is 0 Å². The number of nitrogens with zero attached hydrogens (tertiary/aromatic N) is 5. The predicted octanol–water partition coefficient (Wildman–Crippen LogP) is -0.119. The number of hydrogen-bond donors (Lipinski definition) is 1. The van der Waals surface area contributed by atoms with Crippen molar-refractivity contribution in [3.8, 4) is 5.75 Å². The van der Waals surface area contributed by atoms with Gasteiger partial charge in [0.2, 0.25) is 0 Å². The molecule has 10 heteroatoms. The first-order valence-corrected chi connectivity index (χ1v) is 8.69. The van der Waals surface area contributed by atoms with Crippen LogP contribution in [-0.4, -0.2) is 83.9 Å². The van der Waals surface area contributed by atoms with Gasteiger partial charge in [-0.2, -0.15) is 5.10 Å². The van der Waals surface area contributed by atoms with Crippen LogP contribution in [0.1, 0.15) is 12.5 Å². The van der Waals surface area contributed by atoms with Crippen molar-refractivity contribution in [2.45, 2.75) is 13.0 Å². The molecule has 1 saturated heterocycles. The summed E-state index contributed by atoms with van der Waals surface area (Å²) in [5.41, 5.74) is 3.22. The number of likely N-dealkylation sites (N-methyl/N-ethyl adjacent to an activating group) is 2. The first kappa shape index (κ1) is 19.2. The summed E-state index contributed by atoms with van der Waals surface area (Å²) in [4.78, 5) is 42.9. The van der Waals surface area contributed by atoms with E-state index in [0.717, 1.165) is 16.2 Å². The highest BCUT2D eigenvalue weighted by molar-refractivity contribution is 6.21. The van der Waals surface area contributed by atoms with Crippen LogP contribution in [0.2, 0.25) is 0 Å². The van der Waals surface area contributed by atoms with E-state index >= 15 is 0 Å². The second kappa shape index (κ2) is 7.99. The van der Waals surface area contributed by atoms with Gasteiger partial charge >= 0.3 is 6.03 Å². The van der Waals surface area contributed by atoms with Gasteiger partial charge in [0.1, 0.15) is 5.75 Å². The van der Waals surface area contributed by atoms with Gasteiger partial charge in [0, 0.05) is 14.1 Å². The molecule has 1 N–H and O–H groups in total. The van der Waals surface area contributed by atoms with Crippen LogP contribution in [0, 0.1) is 0 Å². The number of fused-ring (bicyclic) bond motifs is 1. The van der Waals surface area contributed by atoms with Gasteiger partial charge in [0.05, 0.1) is 12.8 Å². The summed E-state index contributed by atoms with van der Waals surface area (Å²) >= 11 is 0. The van der Waals surface area contributed by atoms with Crippen molar-refractivity contribution < 1.29 is 23.7 Å². The molecule has 146 valence electrons. The predicted molar refractivity (Wildman–Crippen MR) is 102 cm³/mol. The van der Waals surface area contributed by atoms with E-state index in [9.17, 15) is 14.4 Å². The van der Waals surface area contributed by atoms with Gasteiger partial charge in [-0.25, -0.2) is 14.8 Å². The summed E-state index contributed by atoms with van der Waals surface area (Å²) in [5.74, 6) is 0.222. The molecular formula is C18H21N6O4+. The molecular weight excluding hydrogens is 364 g/mol. The van der Waals surface area contributed by atoms with Crippen LogP contribution in [0.5, 0.6) is 5.75 Å². The van der Waals surface area contributed by atoms with Crippen molar-refractivity contribution in [3.05, 3.63) is 29.8 Å². The molecule has 2 aliphatic heterocycles. The lowest BCUT2D eigenvalue weighted by Gasteiger charge is -2.30. The topological polar surface area (TPSA) is 107 Å². The van der Waals surface area contributed by atoms with Gasteiger partial charge in [-0.1, -0.05) is 0 Å². The summed E-state index contributed by atoms with van der Waals surface area (Å²) in [6, 6.07) is 6.01. The van der Waals surface area contributed by atoms with E-state index in [0.29, 0.717) is 12.4 Å². The molecule has 10 nitrogen and oxygen atoms in total. The molecule has 1 fully saturated rings. The van der Waals surface area contributed by atoms with E-state index in [1.54, 1.807) is 0 Å². The lowest BCUT2D eigenvalue weighted by atomic mass is 10.1. The number of urea groups is 1. The van der Waals surface area contributed by atoms with E-state index < -0.39 is 23.9 Å². The lowest BCUT2D eigenvalue weighted by Crippen LogP contribution is -2.61. The molecule has 0 saturated carbocycles. The van der Waals surface area contributed by atoms with E-state index in [2.05, 4.69) is 15.5 Å². The van der Waals surface area contributed by atoms with Crippen molar-refractivity contribution in [2.24, 2.45) is 10.1 Å². The molecule has 0 radical (unpaired) electrons. The second-order valence-electron chi connectivity index (χ2n) is 6.21. The largest absolute Gasteiger partial charge is 0.494 e. The molecule has 4 amide bonds. The van der Waals surface area contributed by atoms with Gasteiger partial charge in [0.25, 0.3) is 30.0 Å². The number of benzene rings is 1. The Morgan fingerprint density at radius 1 is 1.29 bits per heavy atom. The van der Waals surface area contributed by atoms with Crippen molar-refractivity contribution in [1.29, 1.82) is 0 Å². The number of carbonyl (C=O) groups is 3. The summed E-state index contributed by atoms with van der Waals surface area (Å²) in [7, 11) is 2.94. The number of hydrogen-bond acceptors (Lipinski definition) is 6. The minimum absolute atomic E-state index is 0.125. The highest BCUT2D eigenvalue weighted by atomic mass is 16.5. The number of amidine groups is 1. The Morgan fingerprint density at radius 2 is 2.00 bits per heavy atom. The van der Waals surface area contributed by atoms with Gasteiger partial charge in [-0.15, -0.1) is 0 Å². The third-order valence-corrected chi connectivity index (χ3v) is 4.32. The van der Waals surface area contributed by atoms with Crippen LogP contribution < -0.4 is 10.2 Å². The molecule has 0 aromatic heterocycles.